The van der Waals surface area contributed by atoms with Gasteiger partial charge in [-0.3, -0.25) is 9.78 Å². The van der Waals surface area contributed by atoms with E-state index in [0.29, 0.717) is 0 Å². The number of pyridine rings is 1. The van der Waals surface area contributed by atoms with E-state index in [9.17, 15) is 9.90 Å². The third-order valence-corrected chi connectivity index (χ3v) is 5.75. The second kappa shape index (κ2) is 8.28. The van der Waals surface area contributed by atoms with Crippen molar-refractivity contribution in [1.82, 2.24) is 15.2 Å². The van der Waals surface area contributed by atoms with Crippen molar-refractivity contribution in [1.29, 1.82) is 0 Å². The number of piperidine rings is 1. The Balaban J connectivity index is 1.48. The van der Waals surface area contributed by atoms with Gasteiger partial charge in [0.15, 0.2) is 0 Å². The first-order valence-electron chi connectivity index (χ1n) is 9.78. The number of hydrogen-bond donors (Lipinski definition) is 2. The highest BCUT2D eigenvalue weighted by Crippen LogP contribution is 2.29. The molecule has 138 valence electrons. The minimum absolute atomic E-state index is 0.0172. The van der Waals surface area contributed by atoms with Crippen LogP contribution in [0, 0.1) is 0 Å². The summed E-state index contributed by atoms with van der Waals surface area (Å²) in [6.07, 6.45) is 11.6. The Labute approximate surface area is 150 Å². The number of nitrogens with one attached hydrogen (secondary N) is 1. The molecule has 0 atom stereocenters. The lowest BCUT2D eigenvalue weighted by molar-refractivity contribution is -0.0312. The van der Waals surface area contributed by atoms with E-state index < -0.39 is 5.60 Å². The van der Waals surface area contributed by atoms with Crippen LogP contribution in [0.1, 0.15) is 67.8 Å². The number of hydrogen-bond acceptors (Lipinski definition) is 4. The van der Waals surface area contributed by atoms with E-state index in [1.165, 1.54) is 6.42 Å². The summed E-state index contributed by atoms with van der Waals surface area (Å²) >= 11 is 0. The molecule has 25 heavy (non-hydrogen) atoms. The first-order valence-corrected chi connectivity index (χ1v) is 9.78. The van der Waals surface area contributed by atoms with E-state index >= 15 is 0 Å². The Morgan fingerprint density at radius 1 is 1.32 bits per heavy atom. The molecule has 0 bridgehead atoms. The van der Waals surface area contributed by atoms with Gasteiger partial charge in [0, 0.05) is 43.6 Å². The van der Waals surface area contributed by atoms with Crippen LogP contribution in [0.3, 0.4) is 0 Å². The molecule has 3 rings (SSSR count). The van der Waals surface area contributed by atoms with Gasteiger partial charge in [0.2, 0.25) is 0 Å². The zero-order chi connectivity index (χ0) is 17.7. The Hall–Kier alpha value is -1.46. The maximum Gasteiger partial charge on any atom is 0.251 e. The summed E-state index contributed by atoms with van der Waals surface area (Å²) in [7, 11) is 0. The minimum atomic E-state index is -0.485. The highest BCUT2D eigenvalue weighted by molar-refractivity contribution is 5.95. The molecular weight excluding hydrogens is 314 g/mol. The first kappa shape index (κ1) is 18.3. The van der Waals surface area contributed by atoms with Crippen LogP contribution >= 0.6 is 0 Å². The van der Waals surface area contributed by atoms with Gasteiger partial charge in [0.25, 0.3) is 5.91 Å². The van der Waals surface area contributed by atoms with Crippen molar-refractivity contribution in [2.45, 2.75) is 69.9 Å². The average molecular weight is 345 g/mol. The number of aryl methyl sites for hydroxylation is 1. The van der Waals surface area contributed by atoms with Gasteiger partial charge in [0.1, 0.15) is 0 Å². The summed E-state index contributed by atoms with van der Waals surface area (Å²) in [6, 6.07) is 2.03. The van der Waals surface area contributed by atoms with Gasteiger partial charge >= 0.3 is 0 Å². The number of amides is 1. The lowest BCUT2D eigenvalue weighted by atomic mass is 9.84. The van der Waals surface area contributed by atoms with Crippen LogP contribution in [-0.2, 0) is 6.42 Å². The predicted octanol–water partition coefficient (Wildman–Crippen LogP) is 2.53. The number of nitrogens with zero attached hydrogens (tertiary/aromatic N) is 2. The number of carbonyl (C=O) groups is 1. The number of carbonyl (C=O) groups excluding carboxylic acids is 1. The number of aromatic nitrogens is 1. The zero-order valence-corrected chi connectivity index (χ0v) is 15.3. The van der Waals surface area contributed by atoms with Crippen molar-refractivity contribution in [2.24, 2.45) is 0 Å². The quantitative estimate of drug-likeness (QED) is 0.861. The lowest BCUT2D eigenvalue weighted by Crippen LogP contribution is -2.50. The zero-order valence-electron chi connectivity index (χ0n) is 15.3. The predicted molar refractivity (Wildman–Crippen MR) is 98.6 cm³/mol. The molecule has 5 nitrogen and oxygen atoms in total. The standard InChI is InChI=1S/C20H31N3O2/c1-2-16-14-21-11-6-18(16)19(24)22-17-7-12-23(13-8-17)15-20(25)9-4-3-5-10-20/h6,11,14,17,25H,2-5,7-10,12-13,15H2,1H3,(H,22,24). The normalized spacial score (nSPS) is 21.8. The molecule has 1 amide bonds. The molecule has 1 aromatic rings. The molecule has 2 aliphatic rings. The van der Waals surface area contributed by atoms with Crippen LogP contribution in [-0.4, -0.2) is 52.2 Å². The SMILES string of the molecule is CCc1cnccc1C(=O)NC1CCN(CC2(O)CCCCC2)CC1. The lowest BCUT2D eigenvalue weighted by Gasteiger charge is -2.40. The van der Waals surface area contributed by atoms with Crippen LogP contribution in [0.15, 0.2) is 18.5 Å². The number of likely N-dealkylation sites (tertiary alicyclic amines) is 1. The van der Waals surface area contributed by atoms with Gasteiger partial charge in [-0.15, -0.1) is 0 Å². The van der Waals surface area contributed by atoms with E-state index in [4.69, 9.17) is 0 Å². The maximum absolute atomic E-state index is 12.5. The molecule has 0 aromatic carbocycles. The molecule has 1 aliphatic carbocycles. The van der Waals surface area contributed by atoms with Gasteiger partial charge in [-0.1, -0.05) is 26.2 Å². The van der Waals surface area contributed by atoms with Gasteiger partial charge in [-0.2, -0.15) is 0 Å². The smallest absolute Gasteiger partial charge is 0.251 e. The Kier molecular flexibility index (Phi) is 6.07. The molecular formula is C20H31N3O2. The van der Waals surface area contributed by atoms with Crippen molar-refractivity contribution >= 4 is 5.91 Å². The molecule has 0 spiro atoms. The largest absolute Gasteiger partial charge is 0.389 e. The fraction of sp³-hybridized carbons (Fsp3) is 0.700. The Morgan fingerprint density at radius 3 is 2.72 bits per heavy atom. The summed E-state index contributed by atoms with van der Waals surface area (Å²) in [6.45, 7) is 4.73. The third kappa shape index (κ3) is 4.79. The van der Waals surface area contributed by atoms with Crippen molar-refractivity contribution in [2.75, 3.05) is 19.6 Å². The molecule has 0 unspecified atom stereocenters. The average Bonchev–Trinajstić information content (AvgIpc) is 2.63. The van der Waals surface area contributed by atoms with Gasteiger partial charge in [-0.05, 0) is 43.7 Å². The van der Waals surface area contributed by atoms with Gasteiger partial charge in [-0.25, -0.2) is 0 Å². The summed E-state index contributed by atoms with van der Waals surface area (Å²) in [5.74, 6) is 0.0172. The van der Waals surface area contributed by atoms with E-state index in [2.05, 4.69) is 15.2 Å². The Bertz CT molecular complexity index is 576. The van der Waals surface area contributed by atoms with Crippen molar-refractivity contribution in [3.8, 4) is 0 Å². The van der Waals surface area contributed by atoms with E-state index in [1.54, 1.807) is 12.4 Å². The third-order valence-electron chi connectivity index (χ3n) is 5.75. The molecule has 1 aliphatic heterocycles. The molecule has 5 heteroatoms. The molecule has 1 saturated carbocycles. The Morgan fingerprint density at radius 2 is 2.04 bits per heavy atom. The number of rotatable bonds is 5. The summed E-state index contributed by atoms with van der Waals surface area (Å²) < 4.78 is 0. The van der Waals surface area contributed by atoms with Crippen LogP contribution in [0.2, 0.25) is 0 Å². The monoisotopic (exact) mass is 345 g/mol. The highest BCUT2D eigenvalue weighted by Gasteiger charge is 2.33. The fourth-order valence-corrected chi connectivity index (χ4v) is 4.21. The van der Waals surface area contributed by atoms with E-state index in [1.807, 2.05) is 13.0 Å². The van der Waals surface area contributed by atoms with Crippen molar-refractivity contribution in [3.05, 3.63) is 29.6 Å². The summed E-state index contributed by atoms with van der Waals surface area (Å²) in [4.78, 5) is 19.0. The summed E-state index contributed by atoms with van der Waals surface area (Å²) in [5.41, 5.74) is 1.26. The molecule has 2 fully saturated rings. The van der Waals surface area contributed by atoms with Crippen LogP contribution in [0.4, 0.5) is 0 Å². The topological polar surface area (TPSA) is 65.5 Å². The second-order valence-corrected chi connectivity index (χ2v) is 7.70. The van der Waals surface area contributed by atoms with Crippen molar-refractivity contribution < 1.29 is 9.90 Å². The molecule has 1 saturated heterocycles. The van der Waals surface area contributed by atoms with Gasteiger partial charge in [0.05, 0.1) is 5.60 Å². The molecule has 1 aromatic heterocycles. The number of β-amino-alcohol motifs (C(OH)–C–C–N with tert-alkyl or cyclic N) is 1. The van der Waals surface area contributed by atoms with Crippen LogP contribution in [0.25, 0.3) is 0 Å². The summed E-state index contributed by atoms with van der Waals surface area (Å²) in [5, 5.41) is 13.9. The molecule has 2 N–H and O–H groups in total. The van der Waals surface area contributed by atoms with E-state index in [-0.39, 0.29) is 11.9 Å². The second-order valence-electron chi connectivity index (χ2n) is 7.70. The van der Waals surface area contributed by atoms with Crippen LogP contribution in [0.5, 0.6) is 0 Å². The van der Waals surface area contributed by atoms with Crippen LogP contribution < -0.4 is 5.32 Å². The molecule has 2 heterocycles. The fourth-order valence-electron chi connectivity index (χ4n) is 4.21. The maximum atomic E-state index is 12.5. The van der Waals surface area contributed by atoms with E-state index in [0.717, 1.165) is 75.7 Å². The molecule has 0 radical (unpaired) electrons. The van der Waals surface area contributed by atoms with Crippen molar-refractivity contribution in [3.63, 3.8) is 0 Å². The minimum Gasteiger partial charge on any atom is -0.389 e. The highest BCUT2D eigenvalue weighted by atomic mass is 16.3. The first-order chi connectivity index (χ1) is 12.1. The van der Waals surface area contributed by atoms with Gasteiger partial charge < -0.3 is 15.3 Å². The number of aliphatic hydroxyl groups is 1.